The van der Waals surface area contributed by atoms with Crippen molar-refractivity contribution in [1.29, 1.82) is 0 Å². The molecule has 0 unspecified atom stereocenters. The van der Waals surface area contributed by atoms with E-state index in [4.69, 9.17) is 23.2 Å². The van der Waals surface area contributed by atoms with Crippen molar-refractivity contribution in [2.45, 2.75) is 13.0 Å². The SMILES string of the molecule is CC1=C(C(=O)Nc2cccnc2)[C@H](c2ccc(Cl)c(Cl)c2)n2nnnc2N1. The lowest BCUT2D eigenvalue weighted by molar-refractivity contribution is -0.113. The number of fused-ring (bicyclic) bond motifs is 1. The van der Waals surface area contributed by atoms with Crippen molar-refractivity contribution in [1.82, 2.24) is 25.2 Å². The summed E-state index contributed by atoms with van der Waals surface area (Å²) in [5, 5.41) is 18.4. The molecule has 0 aliphatic carbocycles. The lowest BCUT2D eigenvalue weighted by Crippen LogP contribution is -2.31. The molecule has 2 N–H and O–H groups in total. The van der Waals surface area contributed by atoms with E-state index in [1.807, 2.05) is 0 Å². The van der Waals surface area contributed by atoms with Gasteiger partial charge in [0.15, 0.2) is 0 Å². The molecule has 136 valence electrons. The van der Waals surface area contributed by atoms with Crippen LogP contribution in [0, 0.1) is 0 Å². The van der Waals surface area contributed by atoms with Crippen LogP contribution in [0.2, 0.25) is 10.0 Å². The Labute approximate surface area is 164 Å². The smallest absolute Gasteiger partial charge is 0.255 e. The Hall–Kier alpha value is -2.97. The summed E-state index contributed by atoms with van der Waals surface area (Å²) in [5.41, 5.74) is 2.40. The summed E-state index contributed by atoms with van der Waals surface area (Å²) in [6, 6.07) is 8.11. The lowest BCUT2D eigenvalue weighted by atomic mass is 9.95. The second kappa shape index (κ2) is 6.98. The molecule has 0 bridgehead atoms. The van der Waals surface area contributed by atoms with Gasteiger partial charge in [0.05, 0.1) is 27.5 Å². The molecule has 2 aromatic heterocycles. The van der Waals surface area contributed by atoms with E-state index in [2.05, 4.69) is 31.1 Å². The van der Waals surface area contributed by atoms with Crippen molar-refractivity contribution in [3.8, 4) is 0 Å². The first-order valence-corrected chi connectivity index (χ1v) is 8.72. The van der Waals surface area contributed by atoms with E-state index >= 15 is 0 Å². The maximum Gasteiger partial charge on any atom is 0.255 e. The summed E-state index contributed by atoms with van der Waals surface area (Å²) in [6.07, 6.45) is 3.20. The Morgan fingerprint density at radius 1 is 1.26 bits per heavy atom. The highest BCUT2D eigenvalue weighted by Crippen LogP contribution is 2.36. The number of hydrogen-bond acceptors (Lipinski definition) is 6. The van der Waals surface area contributed by atoms with E-state index in [0.717, 1.165) is 5.56 Å². The Balaban J connectivity index is 1.79. The first-order chi connectivity index (χ1) is 13.0. The molecular formula is C17H13Cl2N7O. The number of hydrogen-bond donors (Lipinski definition) is 2. The van der Waals surface area contributed by atoms with Gasteiger partial charge >= 0.3 is 0 Å². The average Bonchev–Trinajstić information content (AvgIpc) is 3.11. The monoisotopic (exact) mass is 401 g/mol. The van der Waals surface area contributed by atoms with Crippen molar-refractivity contribution >= 4 is 40.7 Å². The number of anilines is 2. The molecule has 8 nitrogen and oxygen atoms in total. The molecule has 3 aromatic rings. The third-order valence-electron chi connectivity index (χ3n) is 4.14. The van der Waals surface area contributed by atoms with Crippen molar-refractivity contribution in [2.75, 3.05) is 10.6 Å². The van der Waals surface area contributed by atoms with E-state index in [9.17, 15) is 4.79 Å². The molecule has 10 heteroatoms. The van der Waals surface area contributed by atoms with E-state index in [1.165, 1.54) is 4.68 Å². The number of carbonyl (C=O) groups is 1. The van der Waals surface area contributed by atoms with Gasteiger partial charge in [-0.2, -0.15) is 4.68 Å². The minimum Gasteiger partial charge on any atom is -0.326 e. The molecule has 1 aromatic carbocycles. The molecule has 27 heavy (non-hydrogen) atoms. The number of rotatable bonds is 3. The molecule has 3 heterocycles. The van der Waals surface area contributed by atoms with Crippen LogP contribution < -0.4 is 10.6 Å². The molecule has 1 aliphatic rings. The van der Waals surface area contributed by atoms with Crippen LogP contribution in [0.5, 0.6) is 0 Å². The number of aromatic nitrogens is 5. The predicted octanol–water partition coefficient (Wildman–Crippen LogP) is 3.30. The number of nitrogens with zero attached hydrogens (tertiary/aromatic N) is 5. The molecule has 0 spiro atoms. The number of pyridine rings is 1. The van der Waals surface area contributed by atoms with E-state index in [-0.39, 0.29) is 5.91 Å². The molecule has 0 fully saturated rings. The Morgan fingerprint density at radius 2 is 2.11 bits per heavy atom. The van der Waals surface area contributed by atoms with E-state index in [1.54, 1.807) is 49.6 Å². The third kappa shape index (κ3) is 3.24. The molecule has 0 saturated heterocycles. The molecule has 1 atom stereocenters. The van der Waals surface area contributed by atoms with Crippen LogP contribution in [-0.2, 0) is 4.79 Å². The maximum absolute atomic E-state index is 13.1. The lowest BCUT2D eigenvalue weighted by Gasteiger charge is -2.28. The Bertz CT molecular complexity index is 1050. The number of carbonyl (C=O) groups excluding carboxylic acids is 1. The van der Waals surface area contributed by atoms with Crippen molar-refractivity contribution in [2.24, 2.45) is 0 Å². The summed E-state index contributed by atoms with van der Waals surface area (Å²) >= 11 is 12.2. The van der Waals surface area contributed by atoms with Gasteiger partial charge in [-0.25, -0.2) is 0 Å². The zero-order valence-corrected chi connectivity index (χ0v) is 15.5. The summed E-state index contributed by atoms with van der Waals surface area (Å²) < 4.78 is 1.53. The summed E-state index contributed by atoms with van der Waals surface area (Å²) in [4.78, 5) is 17.1. The van der Waals surface area contributed by atoms with Gasteiger partial charge in [-0.3, -0.25) is 9.78 Å². The zero-order valence-electron chi connectivity index (χ0n) is 14.0. The number of halogens is 2. The third-order valence-corrected chi connectivity index (χ3v) is 4.88. The Kier molecular flexibility index (Phi) is 4.51. The molecule has 1 aliphatic heterocycles. The number of nitrogens with one attached hydrogen (secondary N) is 2. The van der Waals surface area contributed by atoms with Gasteiger partial charge < -0.3 is 10.6 Å². The molecule has 1 amide bonds. The molecule has 0 radical (unpaired) electrons. The van der Waals surface area contributed by atoms with Crippen LogP contribution in [0.1, 0.15) is 18.5 Å². The fourth-order valence-corrected chi connectivity index (χ4v) is 3.24. The minimum absolute atomic E-state index is 0.301. The van der Waals surface area contributed by atoms with E-state index in [0.29, 0.717) is 33.0 Å². The summed E-state index contributed by atoms with van der Waals surface area (Å²) in [7, 11) is 0. The first-order valence-electron chi connectivity index (χ1n) is 7.96. The highest BCUT2D eigenvalue weighted by Gasteiger charge is 2.34. The standard InChI is InChI=1S/C17H13Cl2N7O/c1-9-14(16(27)22-11-3-2-6-20-8-11)15(26-17(21-9)23-24-25-26)10-4-5-12(18)13(19)7-10/h2-8,15H,1H3,(H,22,27)(H,21,23,25)/t15-/m0/s1. The second-order valence-electron chi connectivity index (χ2n) is 5.88. The molecule has 0 saturated carbocycles. The van der Waals surface area contributed by atoms with Gasteiger partial charge in [-0.05, 0) is 47.2 Å². The summed E-state index contributed by atoms with van der Waals surface area (Å²) in [5.74, 6) is 0.131. The van der Waals surface area contributed by atoms with Crippen LogP contribution in [0.3, 0.4) is 0 Å². The van der Waals surface area contributed by atoms with Gasteiger partial charge in [-0.1, -0.05) is 34.4 Å². The highest BCUT2D eigenvalue weighted by atomic mass is 35.5. The predicted molar refractivity (Wildman–Crippen MR) is 102 cm³/mol. The van der Waals surface area contributed by atoms with Crippen LogP contribution in [-0.4, -0.2) is 31.1 Å². The molecule has 4 rings (SSSR count). The highest BCUT2D eigenvalue weighted by molar-refractivity contribution is 6.42. The normalized spacial score (nSPS) is 15.9. The van der Waals surface area contributed by atoms with Crippen LogP contribution in [0.25, 0.3) is 0 Å². The van der Waals surface area contributed by atoms with Crippen molar-refractivity contribution in [3.05, 3.63) is 69.6 Å². The number of amides is 1. The fourth-order valence-electron chi connectivity index (χ4n) is 2.93. The summed E-state index contributed by atoms with van der Waals surface area (Å²) in [6.45, 7) is 1.79. The maximum atomic E-state index is 13.1. The average molecular weight is 402 g/mol. The van der Waals surface area contributed by atoms with Gasteiger partial charge in [0, 0.05) is 11.9 Å². The largest absolute Gasteiger partial charge is 0.326 e. The number of allylic oxidation sites excluding steroid dienone is 1. The minimum atomic E-state index is -0.567. The van der Waals surface area contributed by atoms with Gasteiger partial charge in [0.2, 0.25) is 5.95 Å². The van der Waals surface area contributed by atoms with E-state index < -0.39 is 6.04 Å². The number of tetrazole rings is 1. The van der Waals surface area contributed by atoms with Crippen molar-refractivity contribution in [3.63, 3.8) is 0 Å². The first kappa shape index (κ1) is 17.4. The quantitative estimate of drug-likeness (QED) is 0.698. The van der Waals surface area contributed by atoms with Crippen LogP contribution in [0.4, 0.5) is 11.6 Å². The second-order valence-corrected chi connectivity index (χ2v) is 6.70. The Morgan fingerprint density at radius 3 is 2.85 bits per heavy atom. The number of benzene rings is 1. The van der Waals surface area contributed by atoms with Gasteiger partial charge in [-0.15, -0.1) is 0 Å². The van der Waals surface area contributed by atoms with Crippen LogP contribution >= 0.6 is 23.2 Å². The van der Waals surface area contributed by atoms with Crippen LogP contribution in [0.15, 0.2) is 54.0 Å². The topological polar surface area (TPSA) is 97.6 Å². The van der Waals surface area contributed by atoms with Crippen molar-refractivity contribution < 1.29 is 4.79 Å². The van der Waals surface area contributed by atoms with Gasteiger partial charge in [0.25, 0.3) is 5.91 Å². The zero-order chi connectivity index (χ0) is 19.0. The molecular weight excluding hydrogens is 389 g/mol. The fraction of sp³-hybridized carbons (Fsp3) is 0.118. The van der Waals surface area contributed by atoms with Gasteiger partial charge in [0.1, 0.15) is 6.04 Å².